The van der Waals surface area contributed by atoms with Gasteiger partial charge in [-0.15, -0.1) is 0 Å². The van der Waals surface area contributed by atoms with E-state index in [4.69, 9.17) is 5.73 Å². The second-order valence-electron chi connectivity index (χ2n) is 6.64. The first-order chi connectivity index (χ1) is 13.3. The van der Waals surface area contributed by atoms with Gasteiger partial charge in [0.05, 0.1) is 5.92 Å². The van der Waals surface area contributed by atoms with E-state index >= 15 is 0 Å². The first kappa shape index (κ1) is 19.5. The van der Waals surface area contributed by atoms with Gasteiger partial charge >= 0.3 is 0 Å². The molecule has 3 N–H and O–H groups in total. The van der Waals surface area contributed by atoms with Crippen molar-refractivity contribution in [3.05, 3.63) is 65.2 Å². The summed E-state index contributed by atoms with van der Waals surface area (Å²) < 4.78 is 26.8. The van der Waals surface area contributed by atoms with Crippen LogP contribution < -0.4 is 16.0 Å². The number of hydrogen-bond acceptors (Lipinski definition) is 3. The molecule has 1 fully saturated rings. The number of hydrogen-bond donors (Lipinski definition) is 2. The minimum Gasteiger partial charge on any atom is -0.366 e. The normalized spacial score (nSPS) is 16.3. The van der Waals surface area contributed by atoms with Gasteiger partial charge in [-0.1, -0.05) is 12.1 Å². The number of rotatable bonds is 6. The Morgan fingerprint density at radius 2 is 1.86 bits per heavy atom. The maximum atomic E-state index is 13.4. The molecule has 1 saturated heterocycles. The summed E-state index contributed by atoms with van der Waals surface area (Å²) in [4.78, 5) is 36.9. The van der Waals surface area contributed by atoms with Crippen LogP contribution in [0.5, 0.6) is 0 Å². The number of primary amides is 1. The topological polar surface area (TPSA) is 92.5 Å². The molecular formula is C20H19F2N3O3. The Balaban J connectivity index is 1.56. The van der Waals surface area contributed by atoms with E-state index in [1.165, 1.54) is 4.90 Å². The van der Waals surface area contributed by atoms with Gasteiger partial charge in [-0.05, 0) is 36.2 Å². The number of anilines is 1. The number of carbonyl (C=O) groups excluding carboxylic acids is 3. The van der Waals surface area contributed by atoms with E-state index in [9.17, 15) is 23.2 Å². The predicted octanol–water partition coefficient (Wildman–Crippen LogP) is 1.78. The van der Waals surface area contributed by atoms with Crippen molar-refractivity contribution in [2.75, 3.05) is 18.0 Å². The lowest BCUT2D eigenvalue weighted by Crippen LogP contribution is -2.34. The molecule has 8 heteroatoms. The second-order valence-corrected chi connectivity index (χ2v) is 6.64. The van der Waals surface area contributed by atoms with Crippen molar-refractivity contribution < 1.29 is 23.2 Å². The molecule has 0 aliphatic carbocycles. The lowest BCUT2D eigenvalue weighted by molar-refractivity contribution is -0.126. The summed E-state index contributed by atoms with van der Waals surface area (Å²) in [5, 5.41) is 2.75. The highest BCUT2D eigenvalue weighted by atomic mass is 19.1. The van der Waals surface area contributed by atoms with Crippen LogP contribution in [-0.4, -0.2) is 30.8 Å². The van der Waals surface area contributed by atoms with Gasteiger partial charge in [-0.2, -0.15) is 0 Å². The van der Waals surface area contributed by atoms with Gasteiger partial charge in [0.2, 0.25) is 17.7 Å². The standard InChI is InChI=1S/C20H19F2N3O3/c21-15-8-16(22)10-17(9-15)25-11-14(7-18(25)26)20(28)24-5-4-12-2-1-3-13(6-12)19(23)27/h1-3,6,8-10,14H,4-5,7,11H2,(H2,23,27)(H,24,28). The Labute approximate surface area is 160 Å². The summed E-state index contributed by atoms with van der Waals surface area (Å²) in [5.74, 6) is -3.36. The van der Waals surface area contributed by atoms with Gasteiger partial charge in [0.15, 0.2) is 0 Å². The van der Waals surface area contributed by atoms with E-state index in [-0.39, 0.29) is 30.5 Å². The summed E-state index contributed by atoms with van der Waals surface area (Å²) in [5.41, 5.74) is 6.58. The van der Waals surface area contributed by atoms with Crippen LogP contribution in [0.3, 0.4) is 0 Å². The van der Waals surface area contributed by atoms with E-state index in [0.717, 1.165) is 23.8 Å². The number of halogens is 2. The lowest BCUT2D eigenvalue weighted by Gasteiger charge is -2.17. The largest absolute Gasteiger partial charge is 0.366 e. The number of benzene rings is 2. The Bertz CT molecular complexity index is 912. The predicted molar refractivity (Wildman–Crippen MR) is 98.5 cm³/mol. The van der Waals surface area contributed by atoms with E-state index in [0.29, 0.717) is 18.5 Å². The highest BCUT2D eigenvalue weighted by Crippen LogP contribution is 2.26. The number of nitrogens with one attached hydrogen (secondary N) is 1. The van der Waals surface area contributed by atoms with Gasteiger partial charge in [0.25, 0.3) is 0 Å². The molecule has 3 rings (SSSR count). The van der Waals surface area contributed by atoms with Crippen LogP contribution in [0.25, 0.3) is 0 Å². The summed E-state index contributed by atoms with van der Waals surface area (Å²) >= 11 is 0. The van der Waals surface area contributed by atoms with Crippen molar-refractivity contribution in [2.24, 2.45) is 11.7 Å². The molecule has 0 spiro atoms. The molecule has 1 atom stereocenters. The van der Waals surface area contributed by atoms with Crippen LogP contribution in [0.1, 0.15) is 22.3 Å². The van der Waals surface area contributed by atoms with Crippen molar-refractivity contribution in [1.29, 1.82) is 0 Å². The molecule has 2 aromatic carbocycles. The molecule has 1 unspecified atom stereocenters. The van der Waals surface area contributed by atoms with Crippen LogP contribution in [-0.2, 0) is 16.0 Å². The minimum absolute atomic E-state index is 0.0267. The molecule has 1 aliphatic heterocycles. The highest BCUT2D eigenvalue weighted by molar-refractivity contribution is 6.00. The third-order valence-electron chi connectivity index (χ3n) is 4.58. The minimum atomic E-state index is -0.783. The third-order valence-corrected chi connectivity index (χ3v) is 4.58. The Kier molecular flexibility index (Phi) is 5.67. The Morgan fingerprint density at radius 3 is 2.54 bits per heavy atom. The maximum absolute atomic E-state index is 13.4. The Morgan fingerprint density at radius 1 is 1.14 bits per heavy atom. The average Bonchev–Trinajstić information content (AvgIpc) is 3.03. The van der Waals surface area contributed by atoms with Crippen LogP contribution in [0, 0.1) is 17.6 Å². The zero-order chi connectivity index (χ0) is 20.3. The van der Waals surface area contributed by atoms with E-state index in [1.54, 1.807) is 18.2 Å². The molecule has 0 bridgehead atoms. The molecule has 0 saturated carbocycles. The molecule has 2 aromatic rings. The first-order valence-corrected chi connectivity index (χ1v) is 8.76. The number of carbonyl (C=O) groups is 3. The van der Waals surface area contributed by atoms with Crippen molar-refractivity contribution in [2.45, 2.75) is 12.8 Å². The fourth-order valence-electron chi connectivity index (χ4n) is 3.18. The molecule has 0 aromatic heterocycles. The lowest BCUT2D eigenvalue weighted by atomic mass is 10.1. The SMILES string of the molecule is NC(=O)c1cccc(CCNC(=O)C2CC(=O)N(c3cc(F)cc(F)c3)C2)c1. The number of nitrogens with zero attached hydrogens (tertiary/aromatic N) is 1. The number of nitrogens with two attached hydrogens (primary N) is 1. The zero-order valence-electron chi connectivity index (χ0n) is 15.0. The molecular weight excluding hydrogens is 368 g/mol. The van der Waals surface area contributed by atoms with Crippen molar-refractivity contribution >= 4 is 23.4 Å². The summed E-state index contributed by atoms with van der Waals surface area (Å²) in [6.45, 7) is 0.380. The average molecular weight is 387 g/mol. The molecule has 1 heterocycles. The second kappa shape index (κ2) is 8.16. The van der Waals surface area contributed by atoms with Crippen LogP contribution >= 0.6 is 0 Å². The smallest absolute Gasteiger partial charge is 0.248 e. The van der Waals surface area contributed by atoms with Gasteiger partial charge in [-0.25, -0.2) is 8.78 Å². The molecule has 0 radical (unpaired) electrons. The quantitative estimate of drug-likeness (QED) is 0.791. The van der Waals surface area contributed by atoms with Crippen molar-refractivity contribution in [3.8, 4) is 0 Å². The molecule has 28 heavy (non-hydrogen) atoms. The Hall–Kier alpha value is -3.29. The zero-order valence-corrected chi connectivity index (χ0v) is 15.0. The highest BCUT2D eigenvalue weighted by Gasteiger charge is 2.35. The maximum Gasteiger partial charge on any atom is 0.248 e. The van der Waals surface area contributed by atoms with Gasteiger partial charge < -0.3 is 16.0 Å². The summed E-state index contributed by atoms with van der Waals surface area (Å²) in [6.07, 6.45) is 0.466. The van der Waals surface area contributed by atoms with Crippen LogP contribution in [0.2, 0.25) is 0 Å². The van der Waals surface area contributed by atoms with E-state index in [1.807, 2.05) is 6.07 Å². The summed E-state index contributed by atoms with van der Waals surface area (Å²) in [6, 6.07) is 9.65. The number of amides is 3. The van der Waals surface area contributed by atoms with Gasteiger partial charge in [-0.3, -0.25) is 14.4 Å². The van der Waals surface area contributed by atoms with Gasteiger partial charge in [0, 0.05) is 36.8 Å². The molecule has 146 valence electrons. The van der Waals surface area contributed by atoms with Gasteiger partial charge in [0.1, 0.15) is 11.6 Å². The van der Waals surface area contributed by atoms with Crippen molar-refractivity contribution in [3.63, 3.8) is 0 Å². The fraction of sp³-hybridized carbons (Fsp3) is 0.250. The first-order valence-electron chi connectivity index (χ1n) is 8.76. The van der Waals surface area contributed by atoms with E-state index < -0.39 is 23.5 Å². The van der Waals surface area contributed by atoms with Crippen LogP contribution in [0.15, 0.2) is 42.5 Å². The molecule has 6 nitrogen and oxygen atoms in total. The van der Waals surface area contributed by atoms with Crippen LogP contribution in [0.4, 0.5) is 14.5 Å². The van der Waals surface area contributed by atoms with E-state index in [2.05, 4.69) is 5.32 Å². The third kappa shape index (κ3) is 4.51. The summed E-state index contributed by atoms with van der Waals surface area (Å²) in [7, 11) is 0. The monoisotopic (exact) mass is 387 g/mol. The van der Waals surface area contributed by atoms with Crippen molar-refractivity contribution in [1.82, 2.24) is 5.32 Å². The molecule has 1 aliphatic rings. The fourth-order valence-corrected chi connectivity index (χ4v) is 3.18. The molecule has 3 amide bonds.